The highest BCUT2D eigenvalue weighted by molar-refractivity contribution is 5.80. The standard InChI is InChI=1S/C15H20N4O2.C2H6.CH4/c1-18-5-6-19(14(21)9-18)8-12-7-11-3-2-4-16-15(11)17-13(12)10-20;1-2;/h7,10H,2-6,8-9H2,1H3,(H,16,17);1-2H3;1H4. The summed E-state index contributed by atoms with van der Waals surface area (Å²) in [6.07, 6.45) is 2.83. The van der Waals surface area contributed by atoms with Gasteiger partial charge in [-0.3, -0.25) is 14.5 Å². The van der Waals surface area contributed by atoms with Crippen LogP contribution in [0, 0.1) is 0 Å². The fourth-order valence-electron chi connectivity index (χ4n) is 2.87. The molecule has 3 rings (SSSR count). The Hall–Kier alpha value is -1.95. The van der Waals surface area contributed by atoms with Gasteiger partial charge in [0.25, 0.3) is 0 Å². The second-order valence-corrected chi connectivity index (χ2v) is 5.74. The molecule has 0 saturated carbocycles. The van der Waals surface area contributed by atoms with Gasteiger partial charge in [-0.05, 0) is 31.5 Å². The number of aromatic nitrogens is 1. The third-order valence-corrected chi connectivity index (χ3v) is 4.11. The molecule has 6 nitrogen and oxygen atoms in total. The molecule has 2 aliphatic rings. The van der Waals surface area contributed by atoms with E-state index in [9.17, 15) is 9.59 Å². The van der Waals surface area contributed by atoms with Crippen LogP contribution in [-0.4, -0.2) is 60.2 Å². The van der Waals surface area contributed by atoms with Crippen molar-refractivity contribution < 1.29 is 9.59 Å². The van der Waals surface area contributed by atoms with Crippen molar-refractivity contribution in [2.24, 2.45) is 0 Å². The number of hydrogen-bond donors (Lipinski definition) is 1. The highest BCUT2D eigenvalue weighted by atomic mass is 16.2. The molecular weight excluding hydrogens is 304 g/mol. The van der Waals surface area contributed by atoms with Gasteiger partial charge in [-0.2, -0.15) is 0 Å². The summed E-state index contributed by atoms with van der Waals surface area (Å²) in [4.78, 5) is 31.6. The van der Waals surface area contributed by atoms with Crippen molar-refractivity contribution in [2.45, 2.75) is 40.7 Å². The lowest BCUT2D eigenvalue weighted by Crippen LogP contribution is -2.48. The van der Waals surface area contributed by atoms with E-state index in [0.717, 1.165) is 49.2 Å². The van der Waals surface area contributed by atoms with Crippen molar-refractivity contribution in [3.63, 3.8) is 0 Å². The zero-order valence-corrected chi connectivity index (χ0v) is 14.3. The molecule has 0 atom stereocenters. The highest BCUT2D eigenvalue weighted by Crippen LogP contribution is 2.23. The Morgan fingerprint density at radius 2 is 2.08 bits per heavy atom. The second-order valence-electron chi connectivity index (χ2n) is 5.74. The average molecular weight is 334 g/mol. The van der Waals surface area contributed by atoms with E-state index in [1.165, 1.54) is 0 Å². The van der Waals surface area contributed by atoms with Gasteiger partial charge in [-0.25, -0.2) is 4.98 Å². The molecule has 0 bridgehead atoms. The largest absolute Gasteiger partial charge is 0.370 e. The molecule has 1 fully saturated rings. The van der Waals surface area contributed by atoms with Crippen LogP contribution < -0.4 is 5.32 Å². The molecule has 6 heteroatoms. The monoisotopic (exact) mass is 334 g/mol. The van der Waals surface area contributed by atoms with E-state index in [1.54, 1.807) is 0 Å². The first kappa shape index (κ1) is 20.1. The number of hydrogen-bond acceptors (Lipinski definition) is 5. The van der Waals surface area contributed by atoms with E-state index in [1.807, 2.05) is 36.8 Å². The number of fused-ring (bicyclic) bond motifs is 1. The number of rotatable bonds is 3. The van der Waals surface area contributed by atoms with Crippen molar-refractivity contribution in [2.75, 3.05) is 38.5 Å². The molecule has 2 aliphatic heterocycles. The maximum atomic E-state index is 12.1. The summed E-state index contributed by atoms with van der Waals surface area (Å²) in [6.45, 7) is 7.37. The topological polar surface area (TPSA) is 65.5 Å². The summed E-state index contributed by atoms with van der Waals surface area (Å²) in [7, 11) is 1.94. The molecule has 1 amide bonds. The molecule has 0 aromatic carbocycles. The quantitative estimate of drug-likeness (QED) is 0.859. The number of likely N-dealkylation sites (N-methyl/N-ethyl adjacent to an activating group) is 1. The minimum atomic E-state index is 0. The van der Waals surface area contributed by atoms with Crippen molar-refractivity contribution in [3.05, 3.63) is 22.9 Å². The number of piperazine rings is 1. The Morgan fingerprint density at radius 3 is 2.75 bits per heavy atom. The van der Waals surface area contributed by atoms with E-state index < -0.39 is 0 Å². The number of amides is 1. The Morgan fingerprint density at radius 1 is 1.33 bits per heavy atom. The van der Waals surface area contributed by atoms with Crippen LogP contribution in [0.2, 0.25) is 0 Å². The summed E-state index contributed by atoms with van der Waals surface area (Å²) in [5.74, 6) is 0.924. The van der Waals surface area contributed by atoms with Crippen molar-refractivity contribution in [3.8, 4) is 0 Å². The Kier molecular flexibility index (Phi) is 7.85. The molecule has 134 valence electrons. The Balaban J connectivity index is 0.000000925. The maximum absolute atomic E-state index is 12.1. The normalized spacial score (nSPS) is 17.0. The first-order valence-corrected chi connectivity index (χ1v) is 8.35. The van der Waals surface area contributed by atoms with E-state index >= 15 is 0 Å². The lowest BCUT2D eigenvalue weighted by atomic mass is 10.0. The number of carbonyl (C=O) groups is 2. The third kappa shape index (κ3) is 4.54. The number of nitrogens with zero attached hydrogens (tertiary/aromatic N) is 3. The SMILES string of the molecule is C.CC.CN1CCN(Cc2cc3c(nc2C=O)NCCC3)C(=O)C1. The average Bonchev–Trinajstić information content (AvgIpc) is 2.58. The number of pyridine rings is 1. The van der Waals surface area contributed by atoms with Crippen LogP contribution in [0.25, 0.3) is 0 Å². The lowest BCUT2D eigenvalue weighted by molar-refractivity contribution is -0.136. The summed E-state index contributed by atoms with van der Waals surface area (Å²) in [5, 5.41) is 3.23. The van der Waals surface area contributed by atoms with Gasteiger partial charge in [0.2, 0.25) is 5.91 Å². The summed E-state index contributed by atoms with van der Waals surface area (Å²) in [5.41, 5.74) is 2.43. The molecule has 1 aromatic heterocycles. The third-order valence-electron chi connectivity index (χ3n) is 4.11. The molecular formula is C18H30N4O2. The van der Waals surface area contributed by atoms with E-state index in [4.69, 9.17) is 0 Å². The number of carbonyl (C=O) groups excluding carboxylic acids is 2. The van der Waals surface area contributed by atoms with Gasteiger partial charge in [0.1, 0.15) is 11.5 Å². The van der Waals surface area contributed by atoms with Crippen molar-refractivity contribution >= 4 is 18.0 Å². The summed E-state index contributed by atoms with van der Waals surface area (Å²) in [6, 6.07) is 2.03. The van der Waals surface area contributed by atoms with E-state index in [2.05, 4.69) is 10.3 Å². The van der Waals surface area contributed by atoms with E-state index in [-0.39, 0.29) is 13.3 Å². The minimum Gasteiger partial charge on any atom is -0.370 e. The molecule has 1 saturated heterocycles. The fourth-order valence-corrected chi connectivity index (χ4v) is 2.87. The molecule has 1 N–H and O–H groups in total. The zero-order valence-electron chi connectivity index (χ0n) is 14.3. The molecule has 1 aromatic rings. The van der Waals surface area contributed by atoms with Crippen LogP contribution in [-0.2, 0) is 17.8 Å². The van der Waals surface area contributed by atoms with Gasteiger partial charge in [0.05, 0.1) is 6.54 Å². The number of nitrogens with one attached hydrogen (secondary N) is 1. The van der Waals surface area contributed by atoms with Crippen LogP contribution in [0.5, 0.6) is 0 Å². The van der Waals surface area contributed by atoms with Gasteiger partial charge < -0.3 is 10.2 Å². The van der Waals surface area contributed by atoms with Gasteiger partial charge in [-0.1, -0.05) is 21.3 Å². The van der Waals surface area contributed by atoms with Crippen LogP contribution in [0.4, 0.5) is 5.82 Å². The van der Waals surface area contributed by atoms with E-state index in [0.29, 0.717) is 25.3 Å². The molecule has 3 heterocycles. The Bertz CT molecular complexity index is 574. The first-order chi connectivity index (χ1) is 11.2. The van der Waals surface area contributed by atoms with Gasteiger partial charge >= 0.3 is 0 Å². The Labute approximate surface area is 145 Å². The summed E-state index contributed by atoms with van der Waals surface area (Å²) < 4.78 is 0. The molecule has 0 aliphatic carbocycles. The van der Waals surface area contributed by atoms with Gasteiger partial charge in [0, 0.05) is 31.7 Å². The number of anilines is 1. The van der Waals surface area contributed by atoms with Crippen LogP contribution in [0.1, 0.15) is 49.3 Å². The van der Waals surface area contributed by atoms with Crippen molar-refractivity contribution in [1.29, 1.82) is 0 Å². The van der Waals surface area contributed by atoms with Gasteiger partial charge in [-0.15, -0.1) is 0 Å². The second kappa shape index (κ2) is 9.37. The number of aldehydes is 1. The van der Waals surface area contributed by atoms with Crippen LogP contribution in [0.15, 0.2) is 6.07 Å². The maximum Gasteiger partial charge on any atom is 0.237 e. The predicted octanol–water partition coefficient (Wildman–Crippen LogP) is 2.19. The van der Waals surface area contributed by atoms with Crippen LogP contribution in [0.3, 0.4) is 0 Å². The summed E-state index contributed by atoms with van der Waals surface area (Å²) >= 11 is 0. The molecule has 0 unspecified atom stereocenters. The first-order valence-electron chi connectivity index (χ1n) is 8.35. The molecule has 24 heavy (non-hydrogen) atoms. The number of aryl methyl sites for hydroxylation is 1. The molecule has 0 radical (unpaired) electrons. The predicted molar refractivity (Wildman–Crippen MR) is 97.4 cm³/mol. The van der Waals surface area contributed by atoms with Gasteiger partial charge in [0.15, 0.2) is 6.29 Å². The zero-order chi connectivity index (χ0) is 16.8. The lowest BCUT2D eigenvalue weighted by Gasteiger charge is -2.32. The van der Waals surface area contributed by atoms with Crippen LogP contribution >= 0.6 is 0 Å². The minimum absolute atomic E-state index is 0. The molecule has 0 spiro atoms. The fraction of sp³-hybridized carbons (Fsp3) is 0.611. The highest BCUT2D eigenvalue weighted by Gasteiger charge is 2.23. The smallest absolute Gasteiger partial charge is 0.237 e. The van der Waals surface area contributed by atoms with Crippen molar-refractivity contribution in [1.82, 2.24) is 14.8 Å².